The predicted octanol–water partition coefficient (Wildman–Crippen LogP) is 3.73. The number of carbonyl (C=O) groups excluding carboxylic acids is 1. The van der Waals surface area contributed by atoms with Gasteiger partial charge in [0, 0.05) is 43.2 Å². The van der Waals surface area contributed by atoms with E-state index in [0.717, 1.165) is 42.7 Å². The van der Waals surface area contributed by atoms with Gasteiger partial charge in [-0.15, -0.1) is 11.8 Å². The first-order valence-corrected chi connectivity index (χ1v) is 11.9. The highest BCUT2D eigenvalue weighted by molar-refractivity contribution is 5.75. The Morgan fingerprint density at radius 1 is 1.41 bits per heavy atom. The zero-order chi connectivity index (χ0) is 23.1. The van der Waals surface area contributed by atoms with Crippen molar-refractivity contribution in [2.24, 2.45) is 11.8 Å². The quantitative estimate of drug-likeness (QED) is 0.383. The van der Waals surface area contributed by atoms with Crippen LogP contribution in [0.4, 0.5) is 0 Å². The first kappa shape index (κ1) is 24.4. The molecule has 1 aromatic carbocycles. The zero-order valence-electron chi connectivity index (χ0n) is 19.5. The Morgan fingerprint density at radius 3 is 2.97 bits per heavy atom. The topological polar surface area (TPSA) is 78.8 Å². The van der Waals surface area contributed by atoms with E-state index in [1.165, 1.54) is 0 Å². The maximum atomic E-state index is 11.9. The highest BCUT2D eigenvalue weighted by Crippen LogP contribution is 2.52. The molecule has 2 aliphatic rings. The van der Waals surface area contributed by atoms with E-state index in [2.05, 4.69) is 29.3 Å². The Labute approximate surface area is 192 Å². The summed E-state index contributed by atoms with van der Waals surface area (Å²) < 4.78 is 6.32. The fraction of sp³-hybridized carbons (Fsp3) is 0.593. The van der Waals surface area contributed by atoms with Crippen LogP contribution >= 0.6 is 0 Å². The average Bonchev–Trinajstić information content (AvgIpc) is 3.29. The Kier molecular flexibility index (Phi) is 8.78. The molecule has 0 radical (unpaired) electrons. The molecule has 3 N–H and O–H groups in total. The van der Waals surface area contributed by atoms with Crippen molar-refractivity contribution in [1.82, 2.24) is 5.32 Å². The van der Waals surface area contributed by atoms with Crippen LogP contribution in [0.1, 0.15) is 69.9 Å². The summed E-state index contributed by atoms with van der Waals surface area (Å²) in [5.41, 5.74) is 2.26. The van der Waals surface area contributed by atoms with E-state index in [4.69, 9.17) is 4.74 Å². The molecule has 1 aliphatic carbocycles. The number of benzene rings is 1. The van der Waals surface area contributed by atoms with Crippen LogP contribution in [0.5, 0.6) is 5.75 Å². The minimum atomic E-state index is -0.589. The van der Waals surface area contributed by atoms with Crippen molar-refractivity contribution in [3.63, 3.8) is 0 Å². The van der Waals surface area contributed by atoms with Gasteiger partial charge in [0.1, 0.15) is 11.9 Å². The van der Waals surface area contributed by atoms with Crippen molar-refractivity contribution in [3.05, 3.63) is 41.5 Å². The summed E-state index contributed by atoms with van der Waals surface area (Å²) in [5, 5.41) is 24.1. The van der Waals surface area contributed by atoms with Crippen molar-refractivity contribution < 1.29 is 19.7 Å². The third kappa shape index (κ3) is 5.74. The van der Waals surface area contributed by atoms with Gasteiger partial charge in [-0.25, -0.2) is 0 Å². The van der Waals surface area contributed by atoms with Crippen LogP contribution in [0.2, 0.25) is 0 Å². The Morgan fingerprint density at radius 2 is 2.22 bits per heavy atom. The number of hydrogen-bond acceptors (Lipinski definition) is 4. The van der Waals surface area contributed by atoms with Crippen molar-refractivity contribution in [3.8, 4) is 17.6 Å². The van der Waals surface area contributed by atoms with E-state index in [1.807, 2.05) is 32.1 Å². The van der Waals surface area contributed by atoms with Gasteiger partial charge in [-0.3, -0.25) is 4.79 Å². The summed E-state index contributed by atoms with van der Waals surface area (Å²) >= 11 is 0. The number of rotatable bonds is 10. The lowest BCUT2D eigenvalue weighted by atomic mass is 9.86. The van der Waals surface area contributed by atoms with E-state index in [-0.39, 0.29) is 29.8 Å². The van der Waals surface area contributed by atoms with Crippen molar-refractivity contribution in [1.29, 1.82) is 0 Å². The molecule has 1 heterocycles. The van der Waals surface area contributed by atoms with Crippen LogP contribution in [-0.4, -0.2) is 41.0 Å². The Balaban J connectivity index is 1.67. The van der Waals surface area contributed by atoms with Crippen LogP contribution in [0.3, 0.4) is 0 Å². The summed E-state index contributed by atoms with van der Waals surface area (Å²) in [7, 11) is 0. The van der Waals surface area contributed by atoms with Gasteiger partial charge in [-0.1, -0.05) is 44.2 Å². The molecule has 174 valence electrons. The summed E-state index contributed by atoms with van der Waals surface area (Å²) in [6, 6.07) is 6.21. The number of carbonyl (C=O) groups is 1. The van der Waals surface area contributed by atoms with Crippen LogP contribution in [0, 0.1) is 23.7 Å². The summed E-state index contributed by atoms with van der Waals surface area (Å²) in [6.07, 6.45) is 6.91. The maximum Gasteiger partial charge on any atom is 0.220 e. The molecule has 0 spiro atoms. The molecule has 0 bridgehead atoms. The predicted molar refractivity (Wildman–Crippen MR) is 126 cm³/mol. The second-order valence-corrected chi connectivity index (χ2v) is 9.09. The molecule has 5 heteroatoms. The van der Waals surface area contributed by atoms with Gasteiger partial charge in [0.25, 0.3) is 0 Å². The fourth-order valence-corrected chi connectivity index (χ4v) is 4.77. The SMILES string of the molecule is CC#CC[C@H](C)[C@H](O)C=C[C@@H]1[C@H]2c3cccc(CCCC(=O)NCCC)c3O[C@H]2C[C@H]1O. The van der Waals surface area contributed by atoms with Gasteiger partial charge in [0.05, 0.1) is 12.2 Å². The molecule has 0 aromatic heterocycles. The third-order valence-electron chi connectivity index (χ3n) is 6.63. The summed E-state index contributed by atoms with van der Waals surface area (Å²) in [5.74, 6) is 6.95. The normalized spacial score (nSPS) is 25.4. The van der Waals surface area contributed by atoms with Gasteiger partial charge in [0.2, 0.25) is 5.91 Å². The Bertz CT molecular complexity index is 868. The smallest absolute Gasteiger partial charge is 0.220 e. The first-order valence-electron chi connectivity index (χ1n) is 11.9. The van der Waals surface area contributed by atoms with E-state index < -0.39 is 12.2 Å². The molecule has 1 fully saturated rings. The number of hydrogen-bond donors (Lipinski definition) is 3. The number of aliphatic hydroxyl groups excluding tert-OH is 2. The minimum Gasteiger partial charge on any atom is -0.489 e. The molecular weight excluding hydrogens is 402 g/mol. The zero-order valence-corrected chi connectivity index (χ0v) is 19.5. The number of aliphatic hydroxyl groups is 2. The van der Waals surface area contributed by atoms with E-state index in [0.29, 0.717) is 19.3 Å². The third-order valence-corrected chi connectivity index (χ3v) is 6.63. The molecule has 1 amide bonds. The number of ether oxygens (including phenoxy) is 1. The minimum absolute atomic E-state index is 0.0429. The largest absolute Gasteiger partial charge is 0.489 e. The second-order valence-electron chi connectivity index (χ2n) is 9.09. The molecule has 3 rings (SSSR count). The maximum absolute atomic E-state index is 11.9. The Hall–Kier alpha value is -2.29. The van der Waals surface area contributed by atoms with Crippen molar-refractivity contribution in [2.75, 3.05) is 6.54 Å². The number of fused-ring (bicyclic) bond motifs is 3. The lowest BCUT2D eigenvalue weighted by molar-refractivity contribution is -0.121. The van der Waals surface area contributed by atoms with Crippen LogP contribution in [0.15, 0.2) is 30.4 Å². The molecule has 32 heavy (non-hydrogen) atoms. The molecular formula is C27H37NO4. The highest BCUT2D eigenvalue weighted by Gasteiger charge is 2.48. The molecule has 1 saturated carbocycles. The number of aryl methyl sites for hydroxylation is 1. The lowest BCUT2D eigenvalue weighted by Crippen LogP contribution is -2.23. The fourth-order valence-electron chi connectivity index (χ4n) is 4.77. The number of amides is 1. The monoisotopic (exact) mass is 439 g/mol. The highest BCUT2D eigenvalue weighted by atomic mass is 16.5. The molecule has 0 unspecified atom stereocenters. The van der Waals surface area contributed by atoms with E-state index in [9.17, 15) is 15.0 Å². The van der Waals surface area contributed by atoms with Crippen LogP contribution in [-0.2, 0) is 11.2 Å². The first-order chi connectivity index (χ1) is 15.5. The number of para-hydroxylation sites is 1. The van der Waals surface area contributed by atoms with Crippen LogP contribution in [0.25, 0.3) is 0 Å². The van der Waals surface area contributed by atoms with Gasteiger partial charge in [0.15, 0.2) is 0 Å². The molecule has 0 saturated heterocycles. The van der Waals surface area contributed by atoms with Gasteiger partial charge in [-0.05, 0) is 37.7 Å². The summed E-state index contributed by atoms with van der Waals surface area (Å²) in [6.45, 7) is 6.55. The van der Waals surface area contributed by atoms with E-state index >= 15 is 0 Å². The van der Waals surface area contributed by atoms with Crippen LogP contribution < -0.4 is 10.1 Å². The molecule has 5 nitrogen and oxygen atoms in total. The van der Waals surface area contributed by atoms with Crippen molar-refractivity contribution >= 4 is 5.91 Å². The average molecular weight is 440 g/mol. The molecule has 6 atom stereocenters. The summed E-state index contributed by atoms with van der Waals surface area (Å²) in [4.78, 5) is 11.9. The van der Waals surface area contributed by atoms with E-state index in [1.54, 1.807) is 6.92 Å². The standard InChI is InChI=1S/C27H37NO4/c1-4-6-9-18(3)22(29)15-14-20-23(30)17-24-26(20)21-12-7-10-19(27(21)32-24)11-8-13-25(31)28-16-5-2/h7,10,12,14-15,18,20,22-24,26,29-30H,5,8-9,11,13,16-17H2,1-3H3,(H,28,31)/t18-,20-,22+,23+,24-,26-/m0/s1. The second kappa shape index (κ2) is 11.5. The molecule has 1 aromatic rings. The lowest BCUT2D eigenvalue weighted by Gasteiger charge is -2.19. The van der Waals surface area contributed by atoms with Crippen molar-refractivity contribution in [2.45, 2.75) is 83.5 Å². The molecule has 1 aliphatic heterocycles. The van der Waals surface area contributed by atoms with Gasteiger partial charge < -0.3 is 20.3 Å². The number of nitrogens with one attached hydrogen (secondary N) is 1. The van der Waals surface area contributed by atoms with Gasteiger partial charge >= 0.3 is 0 Å². The van der Waals surface area contributed by atoms with Gasteiger partial charge in [-0.2, -0.15) is 0 Å².